The second-order valence-electron chi connectivity index (χ2n) is 5.21. The van der Waals surface area contributed by atoms with Gasteiger partial charge in [0.1, 0.15) is 0 Å². The summed E-state index contributed by atoms with van der Waals surface area (Å²) in [5.41, 5.74) is -0.329. The predicted octanol–water partition coefficient (Wildman–Crippen LogP) is 2.98. The van der Waals surface area contributed by atoms with Crippen molar-refractivity contribution in [2.45, 2.75) is 63.4 Å². The SMILES string of the molecule is O=C(O)C1CCCCCOC12CCCCC2. The molecule has 3 nitrogen and oxygen atoms in total. The van der Waals surface area contributed by atoms with Gasteiger partial charge in [0.05, 0.1) is 11.5 Å². The molecule has 0 amide bonds. The van der Waals surface area contributed by atoms with Gasteiger partial charge in [-0.2, -0.15) is 0 Å². The summed E-state index contributed by atoms with van der Waals surface area (Å²) in [4.78, 5) is 11.4. The summed E-state index contributed by atoms with van der Waals surface area (Å²) in [5.74, 6) is -0.920. The number of hydrogen-bond acceptors (Lipinski definition) is 2. The van der Waals surface area contributed by atoms with E-state index in [-0.39, 0.29) is 11.5 Å². The molecule has 0 aromatic carbocycles. The zero-order valence-corrected chi connectivity index (χ0v) is 9.91. The maximum Gasteiger partial charge on any atom is 0.309 e. The molecule has 1 aliphatic carbocycles. The first-order valence-corrected chi connectivity index (χ1v) is 6.61. The predicted molar refractivity (Wildman–Crippen MR) is 61.4 cm³/mol. The van der Waals surface area contributed by atoms with Gasteiger partial charge >= 0.3 is 5.97 Å². The molecule has 1 atom stereocenters. The Bertz CT molecular complexity index is 244. The Hall–Kier alpha value is -0.570. The molecule has 2 aliphatic rings. The van der Waals surface area contributed by atoms with Crippen molar-refractivity contribution in [3.63, 3.8) is 0 Å². The van der Waals surface area contributed by atoms with Gasteiger partial charge in [0.2, 0.25) is 0 Å². The van der Waals surface area contributed by atoms with Gasteiger partial charge in [-0.05, 0) is 25.7 Å². The number of carboxylic acids is 1. The highest BCUT2D eigenvalue weighted by Crippen LogP contribution is 2.41. The number of carboxylic acid groups (broad SMARTS) is 1. The first-order valence-electron chi connectivity index (χ1n) is 6.61. The van der Waals surface area contributed by atoms with Crippen LogP contribution in [0.25, 0.3) is 0 Å². The van der Waals surface area contributed by atoms with Gasteiger partial charge in [0.15, 0.2) is 0 Å². The van der Waals surface area contributed by atoms with E-state index in [2.05, 4.69) is 0 Å². The highest BCUT2D eigenvalue weighted by atomic mass is 16.5. The molecule has 1 saturated carbocycles. The van der Waals surface area contributed by atoms with E-state index in [0.29, 0.717) is 0 Å². The zero-order chi connectivity index (χ0) is 11.4. The number of aliphatic carboxylic acids is 1. The van der Waals surface area contributed by atoms with E-state index in [9.17, 15) is 9.90 Å². The summed E-state index contributed by atoms with van der Waals surface area (Å²) in [6.45, 7) is 0.754. The summed E-state index contributed by atoms with van der Waals surface area (Å²) in [5, 5.41) is 9.39. The van der Waals surface area contributed by atoms with Crippen LogP contribution >= 0.6 is 0 Å². The molecule has 0 radical (unpaired) electrons. The maximum absolute atomic E-state index is 11.4. The molecule has 3 heteroatoms. The van der Waals surface area contributed by atoms with Crippen LogP contribution in [0.2, 0.25) is 0 Å². The molecule has 2 fully saturated rings. The first-order chi connectivity index (χ1) is 7.75. The molecular formula is C13H22O3. The number of ether oxygens (including phenoxy) is 1. The summed E-state index contributed by atoms with van der Waals surface area (Å²) in [6.07, 6.45) is 9.43. The fraction of sp³-hybridized carbons (Fsp3) is 0.923. The van der Waals surface area contributed by atoms with Crippen LogP contribution in [0.4, 0.5) is 0 Å². The van der Waals surface area contributed by atoms with Gasteiger partial charge in [0, 0.05) is 6.61 Å². The molecule has 1 aliphatic heterocycles. The number of hydrogen-bond donors (Lipinski definition) is 1. The third kappa shape index (κ3) is 2.40. The van der Waals surface area contributed by atoms with Crippen molar-refractivity contribution in [3.8, 4) is 0 Å². The topological polar surface area (TPSA) is 46.5 Å². The zero-order valence-electron chi connectivity index (χ0n) is 9.91. The van der Waals surface area contributed by atoms with Gasteiger partial charge in [-0.15, -0.1) is 0 Å². The molecule has 2 rings (SSSR count). The van der Waals surface area contributed by atoms with Crippen LogP contribution in [0.1, 0.15) is 57.8 Å². The normalized spacial score (nSPS) is 30.6. The minimum Gasteiger partial charge on any atom is -0.481 e. The largest absolute Gasteiger partial charge is 0.481 e. The second kappa shape index (κ2) is 5.17. The lowest BCUT2D eigenvalue weighted by atomic mass is 9.73. The summed E-state index contributed by atoms with van der Waals surface area (Å²) >= 11 is 0. The molecule has 16 heavy (non-hydrogen) atoms. The Balaban J connectivity index is 2.15. The Morgan fingerprint density at radius 2 is 1.75 bits per heavy atom. The first kappa shape index (κ1) is 11.9. The quantitative estimate of drug-likeness (QED) is 0.747. The van der Waals surface area contributed by atoms with E-state index in [4.69, 9.17) is 4.74 Å². The fourth-order valence-corrected chi connectivity index (χ4v) is 3.26. The number of rotatable bonds is 1. The van der Waals surface area contributed by atoms with Crippen molar-refractivity contribution >= 4 is 5.97 Å². The van der Waals surface area contributed by atoms with Gasteiger partial charge in [-0.1, -0.05) is 32.1 Å². The van der Waals surface area contributed by atoms with Gasteiger partial charge in [-0.3, -0.25) is 4.79 Å². The molecule has 0 aromatic heterocycles. The van der Waals surface area contributed by atoms with Gasteiger partial charge in [0.25, 0.3) is 0 Å². The average Bonchev–Trinajstić information content (AvgIpc) is 2.25. The smallest absolute Gasteiger partial charge is 0.309 e. The Labute approximate surface area is 97.2 Å². The lowest BCUT2D eigenvalue weighted by molar-refractivity contribution is -0.166. The lowest BCUT2D eigenvalue weighted by Crippen LogP contribution is -2.47. The molecule has 1 N–H and O–H groups in total. The minimum atomic E-state index is -0.649. The molecular weight excluding hydrogens is 204 g/mol. The summed E-state index contributed by atoms with van der Waals surface area (Å²) < 4.78 is 6.00. The van der Waals surface area contributed by atoms with E-state index in [1.807, 2.05) is 0 Å². The van der Waals surface area contributed by atoms with Crippen LogP contribution in [0.15, 0.2) is 0 Å². The highest BCUT2D eigenvalue weighted by Gasteiger charge is 2.44. The monoisotopic (exact) mass is 226 g/mol. The fourth-order valence-electron chi connectivity index (χ4n) is 3.26. The van der Waals surface area contributed by atoms with Crippen molar-refractivity contribution < 1.29 is 14.6 Å². The van der Waals surface area contributed by atoms with Crippen LogP contribution in [0.5, 0.6) is 0 Å². The average molecular weight is 226 g/mol. The molecule has 92 valence electrons. The van der Waals surface area contributed by atoms with Crippen molar-refractivity contribution in [2.24, 2.45) is 5.92 Å². The van der Waals surface area contributed by atoms with Crippen molar-refractivity contribution in [3.05, 3.63) is 0 Å². The molecule has 0 aromatic rings. The van der Waals surface area contributed by atoms with Gasteiger partial charge in [-0.25, -0.2) is 0 Å². The van der Waals surface area contributed by atoms with E-state index in [1.54, 1.807) is 0 Å². The molecule has 1 heterocycles. The van der Waals surface area contributed by atoms with Crippen molar-refractivity contribution in [1.29, 1.82) is 0 Å². The van der Waals surface area contributed by atoms with E-state index >= 15 is 0 Å². The maximum atomic E-state index is 11.4. The Kier molecular flexibility index (Phi) is 3.85. The summed E-state index contributed by atoms with van der Waals surface area (Å²) in [7, 11) is 0. The lowest BCUT2D eigenvalue weighted by Gasteiger charge is -2.42. The standard InChI is InChI=1S/C13H22O3/c14-12(15)11-7-3-1-6-10-16-13(11)8-4-2-5-9-13/h11H,1-10H2,(H,14,15). The van der Waals surface area contributed by atoms with Crippen LogP contribution in [0, 0.1) is 5.92 Å². The van der Waals surface area contributed by atoms with Crippen LogP contribution < -0.4 is 0 Å². The molecule has 1 unspecified atom stereocenters. The summed E-state index contributed by atoms with van der Waals surface area (Å²) in [6, 6.07) is 0. The van der Waals surface area contributed by atoms with Crippen LogP contribution in [-0.2, 0) is 9.53 Å². The third-order valence-corrected chi connectivity index (χ3v) is 4.16. The third-order valence-electron chi connectivity index (χ3n) is 4.16. The van der Waals surface area contributed by atoms with E-state index in [1.165, 1.54) is 6.42 Å². The van der Waals surface area contributed by atoms with E-state index < -0.39 is 5.97 Å². The molecule has 1 spiro atoms. The van der Waals surface area contributed by atoms with Crippen LogP contribution in [-0.4, -0.2) is 23.3 Å². The van der Waals surface area contributed by atoms with Crippen molar-refractivity contribution in [2.75, 3.05) is 6.61 Å². The Morgan fingerprint density at radius 1 is 1.06 bits per heavy atom. The second-order valence-corrected chi connectivity index (χ2v) is 5.21. The number of carbonyl (C=O) groups is 1. The molecule has 0 bridgehead atoms. The molecule has 1 saturated heterocycles. The highest BCUT2D eigenvalue weighted by molar-refractivity contribution is 5.71. The Morgan fingerprint density at radius 3 is 2.44 bits per heavy atom. The minimum absolute atomic E-state index is 0.270. The van der Waals surface area contributed by atoms with Gasteiger partial charge < -0.3 is 9.84 Å². The van der Waals surface area contributed by atoms with Crippen LogP contribution in [0.3, 0.4) is 0 Å². The van der Waals surface area contributed by atoms with E-state index in [0.717, 1.165) is 58.0 Å². The van der Waals surface area contributed by atoms with Crippen molar-refractivity contribution in [1.82, 2.24) is 0 Å².